The minimum absolute atomic E-state index is 0.0654. The molecule has 2 aliphatic carbocycles. The van der Waals surface area contributed by atoms with Crippen molar-refractivity contribution in [1.82, 2.24) is 0 Å². The molecule has 20 heavy (non-hydrogen) atoms. The molecular formula is C17H26O3. The first-order chi connectivity index (χ1) is 9.65. The lowest BCUT2D eigenvalue weighted by molar-refractivity contribution is -0.162. The Labute approximate surface area is 121 Å². The Morgan fingerprint density at radius 2 is 2.05 bits per heavy atom. The number of Topliss-reactive ketones (excluding diaryl/α,β-unsaturated/α-hetero) is 1. The van der Waals surface area contributed by atoms with Crippen molar-refractivity contribution in [3.8, 4) is 0 Å². The van der Waals surface area contributed by atoms with Crippen molar-refractivity contribution in [3.63, 3.8) is 0 Å². The first kappa shape index (κ1) is 15.3. The molecule has 2 fully saturated rings. The summed E-state index contributed by atoms with van der Waals surface area (Å²) in [5.41, 5.74) is -0.950. The van der Waals surface area contributed by atoms with E-state index in [4.69, 9.17) is 4.74 Å². The second-order valence-corrected chi connectivity index (χ2v) is 6.20. The van der Waals surface area contributed by atoms with E-state index in [1.54, 1.807) is 13.0 Å². The van der Waals surface area contributed by atoms with Gasteiger partial charge in [0.05, 0.1) is 6.61 Å². The number of carbonyl (C=O) groups excluding carboxylic acids is 2. The van der Waals surface area contributed by atoms with Gasteiger partial charge in [-0.2, -0.15) is 0 Å². The Balaban J connectivity index is 2.31. The van der Waals surface area contributed by atoms with Crippen molar-refractivity contribution in [2.24, 2.45) is 17.3 Å². The summed E-state index contributed by atoms with van der Waals surface area (Å²) < 4.78 is 5.24. The van der Waals surface area contributed by atoms with Gasteiger partial charge in [0.2, 0.25) is 0 Å². The summed E-state index contributed by atoms with van der Waals surface area (Å²) in [5.74, 6) is 0.363. The summed E-state index contributed by atoms with van der Waals surface area (Å²) >= 11 is 0. The maximum atomic E-state index is 13.1. The average Bonchev–Trinajstić information content (AvgIpc) is 2.59. The smallest absolute Gasteiger partial charge is 0.319 e. The number of ketones is 1. The number of rotatable bonds is 4. The lowest BCUT2D eigenvalue weighted by atomic mass is 9.68. The second-order valence-electron chi connectivity index (χ2n) is 6.20. The van der Waals surface area contributed by atoms with Crippen molar-refractivity contribution in [2.75, 3.05) is 6.61 Å². The molecule has 2 rings (SSSR count). The van der Waals surface area contributed by atoms with E-state index in [-0.39, 0.29) is 17.7 Å². The molecule has 0 aromatic rings. The van der Waals surface area contributed by atoms with Crippen LogP contribution in [0.3, 0.4) is 0 Å². The SMILES string of the molecule is C=CC[C@]1(C(=O)OCC)CCCC2CCCCC2C1=O. The molecule has 0 amide bonds. The van der Waals surface area contributed by atoms with Gasteiger partial charge in [-0.15, -0.1) is 6.58 Å². The van der Waals surface area contributed by atoms with E-state index in [1.165, 1.54) is 6.42 Å². The summed E-state index contributed by atoms with van der Waals surface area (Å²) in [6.07, 6.45) is 9.21. The quantitative estimate of drug-likeness (QED) is 0.447. The fraction of sp³-hybridized carbons (Fsp3) is 0.765. The van der Waals surface area contributed by atoms with Crippen LogP contribution in [0.15, 0.2) is 12.7 Å². The molecule has 2 saturated carbocycles. The first-order valence-corrected chi connectivity index (χ1v) is 7.98. The Kier molecular flexibility index (Phi) is 5.00. The van der Waals surface area contributed by atoms with Crippen molar-refractivity contribution >= 4 is 11.8 Å². The number of esters is 1. The largest absolute Gasteiger partial charge is 0.465 e. The zero-order chi connectivity index (χ0) is 14.6. The van der Waals surface area contributed by atoms with E-state index in [1.807, 2.05) is 0 Å². The Bertz CT molecular complexity index is 388. The molecule has 0 radical (unpaired) electrons. The van der Waals surface area contributed by atoms with Crippen LogP contribution in [0.1, 0.15) is 58.3 Å². The molecule has 0 aliphatic heterocycles. The molecule has 0 saturated heterocycles. The maximum absolute atomic E-state index is 13.1. The Morgan fingerprint density at radius 3 is 2.75 bits per heavy atom. The number of ether oxygens (including phenoxy) is 1. The molecule has 3 nitrogen and oxygen atoms in total. The summed E-state index contributed by atoms with van der Waals surface area (Å²) in [7, 11) is 0. The zero-order valence-corrected chi connectivity index (χ0v) is 12.5. The van der Waals surface area contributed by atoms with E-state index in [0.717, 1.165) is 32.1 Å². The number of allylic oxidation sites excluding steroid dienone is 1. The molecule has 0 N–H and O–H groups in total. The summed E-state index contributed by atoms with van der Waals surface area (Å²) in [4.78, 5) is 25.5. The van der Waals surface area contributed by atoms with Crippen LogP contribution in [0, 0.1) is 17.3 Å². The van der Waals surface area contributed by atoms with Gasteiger partial charge < -0.3 is 4.74 Å². The molecular weight excluding hydrogens is 252 g/mol. The van der Waals surface area contributed by atoms with Gasteiger partial charge in [-0.25, -0.2) is 0 Å². The third-order valence-corrected chi connectivity index (χ3v) is 5.05. The van der Waals surface area contributed by atoms with E-state index in [2.05, 4.69) is 6.58 Å². The van der Waals surface area contributed by atoms with Crippen LogP contribution in [0.5, 0.6) is 0 Å². The third-order valence-electron chi connectivity index (χ3n) is 5.05. The monoisotopic (exact) mass is 278 g/mol. The standard InChI is InChI=1S/C17H26O3/c1-3-11-17(16(19)20-4-2)12-7-9-13-8-5-6-10-14(13)15(17)18/h3,13-14H,1,4-12H2,2H3/t13?,14?,17-/m0/s1. The summed E-state index contributed by atoms with van der Waals surface area (Å²) in [6.45, 7) is 5.88. The summed E-state index contributed by atoms with van der Waals surface area (Å²) in [6, 6.07) is 0. The Hall–Kier alpha value is -1.12. The van der Waals surface area contributed by atoms with Crippen LogP contribution in [-0.4, -0.2) is 18.4 Å². The normalized spacial score (nSPS) is 34.0. The second kappa shape index (κ2) is 6.55. The van der Waals surface area contributed by atoms with Crippen molar-refractivity contribution in [3.05, 3.63) is 12.7 Å². The zero-order valence-electron chi connectivity index (χ0n) is 12.5. The van der Waals surface area contributed by atoms with E-state index >= 15 is 0 Å². The predicted octanol–water partition coefficient (Wildman–Crippen LogP) is 3.67. The molecule has 0 heterocycles. The molecule has 0 bridgehead atoms. The molecule has 0 spiro atoms. The van der Waals surface area contributed by atoms with Gasteiger partial charge in [0, 0.05) is 5.92 Å². The fourth-order valence-corrected chi connectivity index (χ4v) is 4.05. The van der Waals surface area contributed by atoms with Crippen molar-refractivity contribution < 1.29 is 14.3 Å². The van der Waals surface area contributed by atoms with E-state index in [9.17, 15) is 9.59 Å². The highest BCUT2D eigenvalue weighted by Crippen LogP contribution is 2.46. The van der Waals surface area contributed by atoms with Crippen LogP contribution < -0.4 is 0 Å². The molecule has 2 aliphatic rings. The molecule has 0 aromatic heterocycles. The molecule has 3 heteroatoms. The molecule has 112 valence electrons. The van der Waals surface area contributed by atoms with Crippen LogP contribution in [0.2, 0.25) is 0 Å². The lowest BCUT2D eigenvalue weighted by Gasteiger charge is -2.34. The topological polar surface area (TPSA) is 43.4 Å². The summed E-state index contributed by atoms with van der Waals surface area (Å²) in [5, 5.41) is 0. The van der Waals surface area contributed by atoms with E-state index < -0.39 is 5.41 Å². The van der Waals surface area contributed by atoms with Crippen molar-refractivity contribution in [1.29, 1.82) is 0 Å². The van der Waals surface area contributed by atoms with Crippen LogP contribution in [0.4, 0.5) is 0 Å². The van der Waals surface area contributed by atoms with Gasteiger partial charge >= 0.3 is 5.97 Å². The number of carbonyl (C=O) groups is 2. The van der Waals surface area contributed by atoms with Crippen LogP contribution >= 0.6 is 0 Å². The van der Waals surface area contributed by atoms with E-state index in [0.29, 0.717) is 25.4 Å². The minimum atomic E-state index is -0.950. The highest BCUT2D eigenvalue weighted by molar-refractivity contribution is 6.05. The molecule has 0 aromatic carbocycles. The third kappa shape index (κ3) is 2.68. The average molecular weight is 278 g/mol. The van der Waals surface area contributed by atoms with Gasteiger partial charge in [0.25, 0.3) is 0 Å². The molecule has 3 atom stereocenters. The highest BCUT2D eigenvalue weighted by atomic mass is 16.5. The number of hydrogen-bond acceptors (Lipinski definition) is 3. The molecule has 2 unspecified atom stereocenters. The number of hydrogen-bond donors (Lipinski definition) is 0. The van der Waals surface area contributed by atoms with Crippen LogP contribution in [-0.2, 0) is 14.3 Å². The van der Waals surface area contributed by atoms with Gasteiger partial charge in [-0.05, 0) is 44.9 Å². The number of fused-ring (bicyclic) bond motifs is 1. The van der Waals surface area contributed by atoms with Crippen LogP contribution in [0.25, 0.3) is 0 Å². The maximum Gasteiger partial charge on any atom is 0.319 e. The van der Waals surface area contributed by atoms with Gasteiger partial charge in [0.1, 0.15) is 5.41 Å². The van der Waals surface area contributed by atoms with Gasteiger partial charge in [0.15, 0.2) is 5.78 Å². The minimum Gasteiger partial charge on any atom is -0.465 e. The predicted molar refractivity (Wildman–Crippen MR) is 78.2 cm³/mol. The first-order valence-electron chi connectivity index (χ1n) is 7.98. The Morgan fingerprint density at radius 1 is 1.35 bits per heavy atom. The lowest BCUT2D eigenvalue weighted by Crippen LogP contribution is -2.44. The van der Waals surface area contributed by atoms with Gasteiger partial charge in [-0.3, -0.25) is 9.59 Å². The van der Waals surface area contributed by atoms with Gasteiger partial charge in [-0.1, -0.05) is 25.3 Å². The highest BCUT2D eigenvalue weighted by Gasteiger charge is 2.51. The fourth-order valence-electron chi connectivity index (χ4n) is 4.05. The van der Waals surface area contributed by atoms with Crippen molar-refractivity contribution in [2.45, 2.75) is 58.3 Å².